The van der Waals surface area contributed by atoms with E-state index in [1.165, 1.54) is 21.8 Å². The number of carbonyl (C=O) groups excluding carboxylic acids is 1. The maximum absolute atomic E-state index is 13.4. The van der Waals surface area contributed by atoms with E-state index in [-0.39, 0.29) is 11.5 Å². The van der Waals surface area contributed by atoms with Crippen LogP contribution in [0.3, 0.4) is 0 Å². The molecule has 0 N–H and O–H groups in total. The van der Waals surface area contributed by atoms with Gasteiger partial charge in [-0.25, -0.2) is 18.2 Å². The summed E-state index contributed by atoms with van der Waals surface area (Å²) in [5.74, 6) is -0.405. The number of thiophene rings is 1. The van der Waals surface area contributed by atoms with E-state index < -0.39 is 16.0 Å². The van der Waals surface area contributed by atoms with Crippen molar-refractivity contribution in [3.8, 4) is 0 Å². The smallest absolute Gasteiger partial charge is 0.348 e. The van der Waals surface area contributed by atoms with E-state index in [2.05, 4.69) is 4.98 Å². The highest BCUT2D eigenvalue weighted by Crippen LogP contribution is 2.35. The molecular formula is C21H22N2O4S2. The van der Waals surface area contributed by atoms with Gasteiger partial charge < -0.3 is 4.74 Å². The molecule has 0 atom stereocenters. The zero-order chi connectivity index (χ0) is 20.8. The fraction of sp³-hybridized carbons (Fsp3) is 0.333. The monoisotopic (exact) mass is 430 g/mol. The molecule has 3 heterocycles. The van der Waals surface area contributed by atoms with Crippen LogP contribution in [-0.4, -0.2) is 32.5 Å². The molecule has 4 rings (SSSR count). The van der Waals surface area contributed by atoms with Crippen LogP contribution in [0.15, 0.2) is 35.4 Å². The molecule has 0 bridgehead atoms. The number of carbonyl (C=O) groups is 1. The SMILES string of the molecule is CCOC(=O)c1sc2ncc(S(=O)(=O)N3CCCc4cc(C)ccc43)cc2c1C. The van der Waals surface area contributed by atoms with E-state index in [9.17, 15) is 13.2 Å². The summed E-state index contributed by atoms with van der Waals surface area (Å²) in [7, 11) is -3.76. The average Bonchev–Trinajstić information content (AvgIpc) is 3.03. The van der Waals surface area contributed by atoms with Gasteiger partial charge in [-0.3, -0.25) is 4.31 Å². The van der Waals surface area contributed by atoms with E-state index in [1.807, 2.05) is 25.1 Å². The van der Waals surface area contributed by atoms with Gasteiger partial charge in [0, 0.05) is 18.1 Å². The predicted octanol–water partition coefficient (Wildman–Crippen LogP) is 4.23. The van der Waals surface area contributed by atoms with Gasteiger partial charge in [-0.2, -0.15) is 0 Å². The van der Waals surface area contributed by atoms with E-state index >= 15 is 0 Å². The first-order valence-electron chi connectivity index (χ1n) is 9.51. The normalized spacial score (nSPS) is 14.1. The number of ether oxygens (including phenoxy) is 1. The summed E-state index contributed by atoms with van der Waals surface area (Å²) in [6, 6.07) is 7.48. The van der Waals surface area contributed by atoms with Crippen molar-refractivity contribution in [3.63, 3.8) is 0 Å². The van der Waals surface area contributed by atoms with Crippen LogP contribution in [0.5, 0.6) is 0 Å². The Bertz CT molecular complexity index is 1210. The lowest BCUT2D eigenvalue weighted by molar-refractivity contribution is 0.0531. The number of hydrogen-bond donors (Lipinski definition) is 0. The summed E-state index contributed by atoms with van der Waals surface area (Å²) < 4.78 is 33.4. The molecule has 0 amide bonds. The first-order chi connectivity index (χ1) is 13.8. The lowest BCUT2D eigenvalue weighted by Crippen LogP contribution is -2.35. The van der Waals surface area contributed by atoms with Crippen molar-refractivity contribution in [3.05, 3.63) is 52.0 Å². The van der Waals surface area contributed by atoms with Gasteiger partial charge in [-0.1, -0.05) is 17.7 Å². The summed E-state index contributed by atoms with van der Waals surface area (Å²) >= 11 is 1.22. The Morgan fingerprint density at radius 1 is 1.28 bits per heavy atom. The molecule has 0 fully saturated rings. The number of rotatable bonds is 4. The van der Waals surface area contributed by atoms with Gasteiger partial charge in [0.15, 0.2) is 0 Å². The molecule has 0 saturated carbocycles. The molecule has 0 aliphatic carbocycles. The lowest BCUT2D eigenvalue weighted by Gasteiger charge is -2.30. The maximum Gasteiger partial charge on any atom is 0.348 e. The molecule has 8 heteroatoms. The Kier molecular flexibility index (Phi) is 5.08. The van der Waals surface area contributed by atoms with Gasteiger partial charge in [-0.05, 0) is 56.9 Å². The molecule has 0 unspecified atom stereocenters. The van der Waals surface area contributed by atoms with E-state index in [4.69, 9.17) is 4.74 Å². The number of sulfonamides is 1. The molecule has 0 saturated heterocycles. The third-order valence-corrected chi connectivity index (χ3v) is 8.10. The third-order valence-electron chi connectivity index (χ3n) is 5.13. The molecule has 152 valence electrons. The van der Waals surface area contributed by atoms with Crippen molar-refractivity contribution >= 4 is 43.2 Å². The van der Waals surface area contributed by atoms with Gasteiger partial charge in [0.25, 0.3) is 10.0 Å². The van der Waals surface area contributed by atoms with Crippen LogP contribution in [-0.2, 0) is 21.2 Å². The molecule has 1 aromatic carbocycles. The van der Waals surface area contributed by atoms with Crippen LogP contribution < -0.4 is 4.31 Å². The summed E-state index contributed by atoms with van der Waals surface area (Å²) in [5, 5.41) is 0.667. The van der Waals surface area contributed by atoms with Crippen molar-refractivity contribution in [2.45, 2.75) is 38.5 Å². The molecule has 2 aromatic heterocycles. The number of fused-ring (bicyclic) bond motifs is 2. The second-order valence-electron chi connectivity index (χ2n) is 7.11. The average molecular weight is 431 g/mol. The molecule has 29 heavy (non-hydrogen) atoms. The minimum Gasteiger partial charge on any atom is -0.462 e. The largest absolute Gasteiger partial charge is 0.462 e. The van der Waals surface area contributed by atoms with Crippen LogP contribution >= 0.6 is 11.3 Å². The number of pyridine rings is 1. The third kappa shape index (κ3) is 3.40. The summed E-state index contributed by atoms with van der Waals surface area (Å²) in [4.78, 5) is 17.7. The molecule has 1 aliphatic heterocycles. The topological polar surface area (TPSA) is 76.6 Å². The Morgan fingerprint density at radius 2 is 2.07 bits per heavy atom. The number of esters is 1. The van der Waals surface area contributed by atoms with Gasteiger partial charge in [0.2, 0.25) is 0 Å². The first-order valence-corrected chi connectivity index (χ1v) is 11.8. The Hall–Kier alpha value is -2.45. The van der Waals surface area contributed by atoms with Crippen LogP contribution in [0.2, 0.25) is 0 Å². The van der Waals surface area contributed by atoms with Crippen LogP contribution in [0.1, 0.15) is 39.7 Å². The standard InChI is InChI=1S/C21H22N2O4S2/c1-4-27-21(24)19-14(3)17-11-16(12-22-20(17)28-19)29(25,26)23-9-5-6-15-10-13(2)7-8-18(15)23/h7-8,10-12H,4-6,9H2,1-3H3. The first kappa shape index (κ1) is 19.8. The van der Waals surface area contributed by atoms with Crippen LogP contribution in [0.4, 0.5) is 5.69 Å². The quantitative estimate of drug-likeness (QED) is 0.579. The highest BCUT2D eigenvalue weighted by atomic mass is 32.2. The van der Waals surface area contributed by atoms with Gasteiger partial charge in [-0.15, -0.1) is 11.3 Å². The van der Waals surface area contributed by atoms with Gasteiger partial charge >= 0.3 is 5.97 Å². The Morgan fingerprint density at radius 3 is 2.83 bits per heavy atom. The van der Waals surface area contributed by atoms with Crippen molar-refractivity contribution in [2.24, 2.45) is 0 Å². The zero-order valence-corrected chi connectivity index (χ0v) is 18.2. The molecule has 1 aliphatic rings. The summed E-state index contributed by atoms with van der Waals surface area (Å²) in [6.45, 7) is 6.27. The highest BCUT2D eigenvalue weighted by Gasteiger charge is 2.30. The summed E-state index contributed by atoms with van der Waals surface area (Å²) in [5.41, 5.74) is 3.59. The van der Waals surface area contributed by atoms with Crippen molar-refractivity contribution in [1.29, 1.82) is 0 Å². The molecule has 0 radical (unpaired) electrons. The van der Waals surface area contributed by atoms with E-state index in [0.717, 1.165) is 29.7 Å². The molecular weight excluding hydrogens is 408 g/mol. The number of anilines is 1. The molecule has 6 nitrogen and oxygen atoms in total. The predicted molar refractivity (Wildman–Crippen MR) is 114 cm³/mol. The minimum atomic E-state index is -3.76. The van der Waals surface area contributed by atoms with E-state index in [0.29, 0.717) is 27.2 Å². The zero-order valence-electron chi connectivity index (χ0n) is 16.6. The summed E-state index contributed by atoms with van der Waals surface area (Å²) in [6.07, 6.45) is 3.02. The number of nitrogens with zero attached hydrogens (tertiary/aromatic N) is 2. The second-order valence-corrected chi connectivity index (χ2v) is 9.97. The van der Waals surface area contributed by atoms with Crippen LogP contribution in [0.25, 0.3) is 10.2 Å². The van der Waals surface area contributed by atoms with Crippen molar-refractivity contribution in [2.75, 3.05) is 17.5 Å². The number of benzene rings is 1. The maximum atomic E-state index is 13.4. The van der Waals surface area contributed by atoms with E-state index in [1.54, 1.807) is 19.9 Å². The van der Waals surface area contributed by atoms with Crippen LogP contribution in [0, 0.1) is 13.8 Å². The fourth-order valence-corrected chi connectivity index (χ4v) is 6.22. The minimum absolute atomic E-state index is 0.134. The number of aryl methyl sites for hydroxylation is 3. The number of aromatic nitrogens is 1. The van der Waals surface area contributed by atoms with Gasteiger partial charge in [0.1, 0.15) is 14.6 Å². The van der Waals surface area contributed by atoms with Gasteiger partial charge in [0.05, 0.1) is 12.3 Å². The lowest BCUT2D eigenvalue weighted by atomic mass is 10.0. The van der Waals surface area contributed by atoms with Crippen molar-refractivity contribution in [1.82, 2.24) is 4.98 Å². The highest BCUT2D eigenvalue weighted by molar-refractivity contribution is 7.92. The second kappa shape index (κ2) is 7.42. The fourth-order valence-electron chi connectivity index (χ4n) is 3.68. The van der Waals surface area contributed by atoms with Crippen molar-refractivity contribution < 1.29 is 17.9 Å². The molecule has 0 spiro atoms. The molecule has 3 aromatic rings. The number of hydrogen-bond acceptors (Lipinski definition) is 6. The Balaban J connectivity index is 1.79. The Labute approximate surface area is 174 Å².